The summed E-state index contributed by atoms with van der Waals surface area (Å²) >= 11 is 0. The highest BCUT2D eigenvalue weighted by atomic mass is 16.7. The van der Waals surface area contributed by atoms with Gasteiger partial charge in [0.05, 0.1) is 18.8 Å². The number of rotatable bonds is 6. The predicted octanol–water partition coefficient (Wildman–Crippen LogP) is 1.18. The SMILES string of the molecule is COC(=O)[C@@H]1CC(N(C=O)OC(C)(C)C)CN1C(=O)CN(C)C(=O)OC(C)(C)C. The van der Waals surface area contributed by atoms with E-state index in [-0.39, 0.29) is 19.5 Å². The molecule has 0 aromatic carbocycles. The van der Waals surface area contributed by atoms with Crippen LogP contribution in [0.3, 0.4) is 0 Å². The van der Waals surface area contributed by atoms with E-state index in [2.05, 4.69) is 0 Å². The lowest BCUT2D eigenvalue weighted by atomic mass is 10.1. The van der Waals surface area contributed by atoms with Crippen LogP contribution in [0.2, 0.25) is 0 Å². The minimum absolute atomic E-state index is 0.0789. The Balaban J connectivity index is 2.92. The van der Waals surface area contributed by atoms with Gasteiger partial charge in [-0.05, 0) is 41.5 Å². The van der Waals surface area contributed by atoms with Gasteiger partial charge in [-0.1, -0.05) is 0 Å². The number of hydrogen-bond acceptors (Lipinski definition) is 7. The van der Waals surface area contributed by atoms with Crippen molar-refractivity contribution in [2.24, 2.45) is 0 Å². The number of carbonyl (C=O) groups is 4. The zero-order chi connectivity index (χ0) is 22.6. The van der Waals surface area contributed by atoms with Gasteiger partial charge in [-0.2, -0.15) is 0 Å². The Hall–Kier alpha value is -2.36. The summed E-state index contributed by atoms with van der Waals surface area (Å²) in [6.07, 6.45) is 0.0517. The summed E-state index contributed by atoms with van der Waals surface area (Å²) < 4.78 is 10.0. The second kappa shape index (κ2) is 9.43. The molecule has 0 spiro atoms. The molecule has 3 amide bonds. The average molecular weight is 415 g/mol. The molecule has 0 aromatic rings. The van der Waals surface area contributed by atoms with Crippen LogP contribution in [0.1, 0.15) is 48.0 Å². The fraction of sp³-hybridized carbons (Fsp3) is 0.789. The molecule has 10 nitrogen and oxygen atoms in total. The molecule has 0 radical (unpaired) electrons. The van der Waals surface area contributed by atoms with Gasteiger partial charge in [0.1, 0.15) is 18.2 Å². The van der Waals surface area contributed by atoms with Crippen LogP contribution in [-0.2, 0) is 28.7 Å². The molecule has 1 rings (SSSR count). The summed E-state index contributed by atoms with van der Waals surface area (Å²) in [6.45, 7) is 10.3. The first-order valence-electron chi connectivity index (χ1n) is 9.42. The summed E-state index contributed by atoms with van der Waals surface area (Å²) in [5, 5.41) is 1.13. The Bertz CT molecular complexity index is 624. The van der Waals surface area contributed by atoms with Gasteiger partial charge < -0.3 is 19.3 Å². The Morgan fingerprint density at radius 2 is 1.69 bits per heavy atom. The van der Waals surface area contributed by atoms with Crippen molar-refractivity contribution in [3.8, 4) is 0 Å². The van der Waals surface area contributed by atoms with Crippen LogP contribution in [0.5, 0.6) is 0 Å². The van der Waals surface area contributed by atoms with Gasteiger partial charge in [0.2, 0.25) is 12.3 Å². The zero-order valence-electron chi connectivity index (χ0n) is 18.6. The molecular formula is C19H33N3O7. The molecule has 1 unspecified atom stereocenters. The van der Waals surface area contributed by atoms with Crippen molar-refractivity contribution in [1.29, 1.82) is 0 Å². The van der Waals surface area contributed by atoms with Crippen molar-refractivity contribution in [3.63, 3.8) is 0 Å². The molecule has 1 aliphatic rings. The number of likely N-dealkylation sites (N-methyl/N-ethyl adjacent to an activating group) is 1. The maximum atomic E-state index is 12.8. The maximum Gasteiger partial charge on any atom is 0.410 e. The van der Waals surface area contributed by atoms with Crippen LogP contribution in [0.15, 0.2) is 0 Å². The monoisotopic (exact) mass is 415 g/mol. The number of amides is 3. The lowest BCUT2D eigenvalue weighted by Gasteiger charge is -2.31. The summed E-state index contributed by atoms with van der Waals surface area (Å²) in [5.74, 6) is -1.06. The molecule has 0 aliphatic carbocycles. The molecule has 2 atom stereocenters. The van der Waals surface area contributed by atoms with Gasteiger partial charge in [-0.25, -0.2) is 14.7 Å². The minimum atomic E-state index is -0.879. The van der Waals surface area contributed by atoms with Crippen LogP contribution >= 0.6 is 0 Å². The molecule has 166 valence electrons. The Kier molecular flexibility index (Phi) is 8.02. The van der Waals surface area contributed by atoms with E-state index >= 15 is 0 Å². The number of carbonyl (C=O) groups excluding carboxylic acids is 4. The highest BCUT2D eigenvalue weighted by molar-refractivity contribution is 5.88. The first-order chi connectivity index (χ1) is 13.2. The quantitative estimate of drug-likeness (QED) is 0.364. The molecule has 1 saturated heterocycles. The number of hydrogen-bond donors (Lipinski definition) is 0. The van der Waals surface area contributed by atoms with Crippen LogP contribution < -0.4 is 0 Å². The summed E-state index contributed by atoms with van der Waals surface area (Å²) in [4.78, 5) is 56.7. The van der Waals surface area contributed by atoms with Crippen molar-refractivity contribution >= 4 is 24.4 Å². The van der Waals surface area contributed by atoms with Gasteiger partial charge in [0.25, 0.3) is 0 Å². The molecular weight excluding hydrogens is 382 g/mol. The number of ether oxygens (including phenoxy) is 2. The summed E-state index contributed by atoms with van der Waals surface area (Å²) in [6, 6.07) is -1.40. The summed E-state index contributed by atoms with van der Waals surface area (Å²) in [5.41, 5.74) is -1.33. The van der Waals surface area contributed by atoms with Crippen LogP contribution in [0, 0.1) is 0 Å². The number of hydroxylamine groups is 2. The average Bonchev–Trinajstić information content (AvgIpc) is 3.01. The number of esters is 1. The van der Waals surface area contributed by atoms with E-state index in [0.29, 0.717) is 6.41 Å². The largest absolute Gasteiger partial charge is 0.467 e. The smallest absolute Gasteiger partial charge is 0.410 e. The number of likely N-dealkylation sites (tertiary alicyclic amines) is 1. The van der Waals surface area contributed by atoms with E-state index in [9.17, 15) is 19.2 Å². The van der Waals surface area contributed by atoms with Crippen molar-refractivity contribution in [2.45, 2.75) is 71.2 Å². The van der Waals surface area contributed by atoms with Gasteiger partial charge >= 0.3 is 12.1 Å². The molecule has 0 aromatic heterocycles. The van der Waals surface area contributed by atoms with Crippen LogP contribution in [0.25, 0.3) is 0 Å². The van der Waals surface area contributed by atoms with Crippen molar-refractivity contribution in [2.75, 3.05) is 27.2 Å². The van der Waals surface area contributed by atoms with Crippen molar-refractivity contribution in [3.05, 3.63) is 0 Å². The van der Waals surface area contributed by atoms with Gasteiger partial charge in [0, 0.05) is 20.0 Å². The zero-order valence-corrected chi connectivity index (χ0v) is 18.6. The van der Waals surface area contributed by atoms with Gasteiger partial charge in [-0.15, -0.1) is 0 Å². The Morgan fingerprint density at radius 1 is 1.10 bits per heavy atom. The summed E-state index contributed by atoms with van der Waals surface area (Å²) in [7, 11) is 2.67. The third-order valence-electron chi connectivity index (χ3n) is 3.99. The fourth-order valence-electron chi connectivity index (χ4n) is 2.83. The first kappa shape index (κ1) is 24.7. The Morgan fingerprint density at radius 3 is 2.14 bits per heavy atom. The van der Waals surface area contributed by atoms with E-state index in [1.807, 2.05) is 0 Å². The van der Waals surface area contributed by atoms with Crippen molar-refractivity contribution in [1.82, 2.24) is 14.9 Å². The van der Waals surface area contributed by atoms with E-state index in [1.165, 1.54) is 19.1 Å². The standard InChI is InChI=1S/C19H33N3O7/c1-18(2,3)28-17(26)20(7)11-15(24)21-10-13(9-14(21)16(25)27-8)22(12-23)29-19(4,5)6/h12-14H,9-11H2,1-8H3/t13?,14-/m0/s1. The first-order valence-corrected chi connectivity index (χ1v) is 9.42. The number of methoxy groups -OCH3 is 1. The third-order valence-corrected chi connectivity index (χ3v) is 3.99. The molecule has 1 fully saturated rings. The fourth-order valence-corrected chi connectivity index (χ4v) is 2.83. The second-order valence-corrected chi connectivity index (χ2v) is 8.98. The molecule has 29 heavy (non-hydrogen) atoms. The lowest BCUT2D eigenvalue weighted by Crippen LogP contribution is -2.47. The molecule has 1 heterocycles. The van der Waals surface area contributed by atoms with E-state index in [1.54, 1.807) is 41.5 Å². The molecule has 0 bridgehead atoms. The molecule has 10 heteroatoms. The number of nitrogens with zero attached hydrogens (tertiary/aromatic N) is 3. The van der Waals surface area contributed by atoms with E-state index in [4.69, 9.17) is 14.3 Å². The predicted molar refractivity (Wildman–Crippen MR) is 104 cm³/mol. The topological polar surface area (TPSA) is 106 Å². The van der Waals surface area contributed by atoms with Crippen molar-refractivity contribution < 1.29 is 33.5 Å². The minimum Gasteiger partial charge on any atom is -0.467 e. The van der Waals surface area contributed by atoms with E-state index < -0.39 is 41.3 Å². The van der Waals surface area contributed by atoms with Gasteiger partial charge in [0.15, 0.2) is 0 Å². The molecule has 1 aliphatic heterocycles. The highest BCUT2D eigenvalue weighted by Gasteiger charge is 2.44. The van der Waals surface area contributed by atoms with Crippen LogP contribution in [0.4, 0.5) is 4.79 Å². The maximum absolute atomic E-state index is 12.8. The highest BCUT2D eigenvalue weighted by Crippen LogP contribution is 2.25. The molecule has 0 N–H and O–H groups in total. The van der Waals surface area contributed by atoms with E-state index in [0.717, 1.165) is 9.96 Å². The van der Waals surface area contributed by atoms with Crippen LogP contribution in [-0.4, -0.2) is 89.8 Å². The Labute approximate surface area is 172 Å². The normalized spacial score (nSPS) is 19.5. The third kappa shape index (κ3) is 7.52. The second-order valence-electron chi connectivity index (χ2n) is 8.98. The lowest BCUT2D eigenvalue weighted by molar-refractivity contribution is -0.230. The molecule has 0 saturated carbocycles. The van der Waals surface area contributed by atoms with Gasteiger partial charge in [-0.3, -0.25) is 14.4 Å².